The molecule has 10 heavy (non-hydrogen) atoms. The van der Waals surface area contributed by atoms with E-state index in [-0.39, 0.29) is 6.29 Å². The van der Waals surface area contributed by atoms with E-state index < -0.39 is 0 Å². The van der Waals surface area contributed by atoms with E-state index >= 15 is 0 Å². The van der Waals surface area contributed by atoms with Gasteiger partial charge in [-0.15, -0.1) is 5.70 Å². The number of ether oxygens (including phenoxy) is 2. The van der Waals surface area contributed by atoms with E-state index in [0.29, 0.717) is 13.2 Å². The molecule has 3 heteroatoms. The second-order valence-corrected chi connectivity index (χ2v) is 1.97. The predicted octanol–water partition coefficient (Wildman–Crippen LogP) is 1.07. The molecule has 57 valence electrons. The summed E-state index contributed by atoms with van der Waals surface area (Å²) < 4.78 is 10.4. The fourth-order valence-corrected chi connectivity index (χ4v) is 0.723. The van der Waals surface area contributed by atoms with Crippen LogP contribution in [0.2, 0.25) is 0 Å². The van der Waals surface area contributed by atoms with Crippen LogP contribution >= 0.6 is 0 Å². The highest BCUT2D eigenvalue weighted by Crippen LogP contribution is 1.95. The van der Waals surface area contributed by atoms with E-state index in [9.17, 15) is 0 Å². The van der Waals surface area contributed by atoms with Crippen LogP contribution in [-0.2, 0) is 9.47 Å². The minimum absolute atomic E-state index is 0.201. The molecule has 0 amide bonds. The fraction of sp³-hybridized carbons (Fsp3) is 0.714. The van der Waals surface area contributed by atoms with Crippen molar-refractivity contribution in [3.63, 3.8) is 0 Å². The molecule has 0 aliphatic heterocycles. The molecule has 0 unspecified atom stereocenters. The molecule has 0 bridgehead atoms. The van der Waals surface area contributed by atoms with Gasteiger partial charge in [-0.05, 0) is 19.9 Å². The van der Waals surface area contributed by atoms with Crippen LogP contribution in [0.25, 0.3) is 0 Å². The first kappa shape index (κ1) is 9.88. The SMILES string of the molecule is CCOC(/C=C/[Si])OCC. The smallest absolute Gasteiger partial charge is 0.176 e. The summed E-state index contributed by atoms with van der Waals surface area (Å²) in [5.74, 6) is 0. The van der Waals surface area contributed by atoms with Crippen molar-refractivity contribution < 1.29 is 9.47 Å². The van der Waals surface area contributed by atoms with Gasteiger partial charge in [-0.25, -0.2) is 0 Å². The van der Waals surface area contributed by atoms with Crippen molar-refractivity contribution in [1.82, 2.24) is 0 Å². The topological polar surface area (TPSA) is 18.5 Å². The lowest BCUT2D eigenvalue weighted by molar-refractivity contribution is -0.103. The van der Waals surface area contributed by atoms with Gasteiger partial charge in [0.25, 0.3) is 0 Å². The van der Waals surface area contributed by atoms with Crippen molar-refractivity contribution >= 4 is 10.2 Å². The van der Waals surface area contributed by atoms with Crippen molar-refractivity contribution in [3.8, 4) is 0 Å². The third kappa shape index (κ3) is 4.73. The minimum Gasteiger partial charge on any atom is -0.349 e. The van der Waals surface area contributed by atoms with Gasteiger partial charge in [0.1, 0.15) is 0 Å². The van der Waals surface area contributed by atoms with Gasteiger partial charge >= 0.3 is 0 Å². The Kier molecular flexibility index (Phi) is 6.90. The van der Waals surface area contributed by atoms with Crippen LogP contribution in [0, 0.1) is 0 Å². The summed E-state index contributed by atoms with van der Waals surface area (Å²) in [6, 6.07) is 0. The summed E-state index contributed by atoms with van der Waals surface area (Å²) in [7, 11) is 3.19. The molecule has 0 fully saturated rings. The maximum Gasteiger partial charge on any atom is 0.176 e. The Balaban J connectivity index is 3.50. The fourth-order valence-electron chi connectivity index (χ4n) is 0.566. The molecule has 0 aliphatic rings. The van der Waals surface area contributed by atoms with Crippen molar-refractivity contribution in [2.75, 3.05) is 13.2 Å². The third-order valence-electron chi connectivity index (χ3n) is 0.915. The Morgan fingerprint density at radius 3 is 2.10 bits per heavy atom. The van der Waals surface area contributed by atoms with E-state index in [2.05, 4.69) is 10.2 Å². The van der Waals surface area contributed by atoms with Gasteiger partial charge in [0, 0.05) is 13.2 Å². The zero-order valence-corrected chi connectivity index (χ0v) is 7.46. The van der Waals surface area contributed by atoms with Gasteiger partial charge in [-0.3, -0.25) is 0 Å². The third-order valence-corrected chi connectivity index (χ3v) is 1.11. The number of hydrogen-bond donors (Lipinski definition) is 0. The van der Waals surface area contributed by atoms with Gasteiger partial charge in [0.15, 0.2) is 6.29 Å². The van der Waals surface area contributed by atoms with Crippen LogP contribution in [0.5, 0.6) is 0 Å². The van der Waals surface area contributed by atoms with Crippen molar-refractivity contribution in [2.45, 2.75) is 20.1 Å². The van der Waals surface area contributed by atoms with Crippen LogP contribution in [-0.4, -0.2) is 29.7 Å². The van der Waals surface area contributed by atoms with E-state index in [0.717, 1.165) is 0 Å². The van der Waals surface area contributed by atoms with E-state index in [4.69, 9.17) is 9.47 Å². The summed E-state index contributed by atoms with van der Waals surface area (Å²) in [4.78, 5) is 0. The van der Waals surface area contributed by atoms with Crippen LogP contribution in [0.15, 0.2) is 11.8 Å². The summed E-state index contributed by atoms with van der Waals surface area (Å²) in [6.45, 7) is 5.21. The standard InChI is InChI=1S/C7H13O2Si/c1-3-8-7(5-6-10)9-4-2/h5-7H,3-4H2,1-2H3/b6-5+. The second-order valence-electron chi connectivity index (χ2n) is 1.64. The normalized spacial score (nSPS) is 11.6. The van der Waals surface area contributed by atoms with Crippen LogP contribution in [0.1, 0.15) is 13.8 Å². The second kappa shape index (κ2) is 6.99. The largest absolute Gasteiger partial charge is 0.349 e. The molecule has 0 aromatic heterocycles. The maximum atomic E-state index is 5.18. The Morgan fingerprint density at radius 2 is 1.80 bits per heavy atom. The first-order valence-electron chi connectivity index (χ1n) is 3.42. The van der Waals surface area contributed by atoms with E-state index in [1.54, 1.807) is 5.70 Å². The maximum absolute atomic E-state index is 5.18. The summed E-state index contributed by atoms with van der Waals surface area (Å²) in [5, 5.41) is 0. The highest BCUT2D eigenvalue weighted by Gasteiger charge is 1.99. The van der Waals surface area contributed by atoms with Gasteiger partial charge < -0.3 is 9.47 Å². The number of rotatable bonds is 5. The van der Waals surface area contributed by atoms with Gasteiger partial charge in [-0.2, -0.15) is 0 Å². The van der Waals surface area contributed by atoms with Crippen molar-refractivity contribution in [2.24, 2.45) is 0 Å². The van der Waals surface area contributed by atoms with Gasteiger partial charge in [0.05, 0.1) is 10.2 Å². The highest BCUT2D eigenvalue weighted by atomic mass is 28.1. The van der Waals surface area contributed by atoms with Crippen LogP contribution in [0.3, 0.4) is 0 Å². The lowest BCUT2D eigenvalue weighted by Crippen LogP contribution is -2.13. The first-order valence-corrected chi connectivity index (χ1v) is 4.00. The number of hydrogen-bond acceptors (Lipinski definition) is 2. The Bertz CT molecular complexity index is 87.6. The molecule has 0 heterocycles. The molecule has 0 N–H and O–H groups in total. The molecule has 2 nitrogen and oxygen atoms in total. The Labute approximate surface area is 65.6 Å². The lowest BCUT2D eigenvalue weighted by Gasteiger charge is -2.11. The first-order chi connectivity index (χ1) is 4.85. The molecule has 0 saturated heterocycles. The Morgan fingerprint density at radius 1 is 1.30 bits per heavy atom. The summed E-state index contributed by atoms with van der Waals surface area (Å²) >= 11 is 0. The molecular weight excluding hydrogens is 144 g/mol. The highest BCUT2D eigenvalue weighted by molar-refractivity contribution is 6.16. The molecule has 0 aliphatic carbocycles. The zero-order valence-electron chi connectivity index (χ0n) is 6.46. The summed E-state index contributed by atoms with van der Waals surface area (Å²) in [5.41, 5.74) is 1.73. The molecule has 0 aromatic rings. The molecule has 0 saturated carbocycles. The molecule has 3 radical (unpaired) electrons. The predicted molar refractivity (Wildman–Crippen MR) is 41.9 cm³/mol. The average Bonchev–Trinajstić information content (AvgIpc) is 1.90. The molecule has 0 atom stereocenters. The quantitative estimate of drug-likeness (QED) is 0.439. The zero-order chi connectivity index (χ0) is 7.82. The lowest BCUT2D eigenvalue weighted by atomic mass is 10.6. The van der Waals surface area contributed by atoms with Gasteiger partial charge in [-0.1, -0.05) is 0 Å². The molecule has 0 aromatic carbocycles. The summed E-state index contributed by atoms with van der Waals surface area (Å²) in [6.07, 6.45) is 1.61. The molecular formula is C7H13O2Si. The monoisotopic (exact) mass is 157 g/mol. The van der Waals surface area contributed by atoms with Crippen LogP contribution in [0.4, 0.5) is 0 Å². The van der Waals surface area contributed by atoms with E-state index in [1.165, 1.54) is 0 Å². The van der Waals surface area contributed by atoms with E-state index in [1.807, 2.05) is 19.9 Å². The van der Waals surface area contributed by atoms with Crippen LogP contribution < -0.4 is 0 Å². The molecule has 0 spiro atoms. The Hall–Kier alpha value is -0.123. The average molecular weight is 157 g/mol. The van der Waals surface area contributed by atoms with Crippen molar-refractivity contribution in [1.29, 1.82) is 0 Å². The van der Waals surface area contributed by atoms with Gasteiger partial charge in [0.2, 0.25) is 0 Å². The molecule has 0 rings (SSSR count). The minimum atomic E-state index is -0.201. The van der Waals surface area contributed by atoms with Crippen molar-refractivity contribution in [3.05, 3.63) is 11.8 Å².